The molecule has 0 saturated carbocycles. The Labute approximate surface area is 91.1 Å². The van der Waals surface area contributed by atoms with E-state index in [1.165, 1.54) is 0 Å². The molecule has 0 saturated heterocycles. The normalized spacial score (nSPS) is 8.87. The molecule has 6 nitrogen and oxygen atoms in total. The second-order valence-electron chi connectivity index (χ2n) is 2.28. The number of hydrogen-bond acceptors (Lipinski definition) is 7. The zero-order valence-corrected chi connectivity index (χ0v) is 8.41. The molecular weight excluding hydrogens is 216 g/mol. The van der Waals surface area contributed by atoms with Gasteiger partial charge in [-0.1, -0.05) is 0 Å². The van der Waals surface area contributed by atoms with Crippen LogP contribution in [-0.2, 0) is 0 Å². The van der Waals surface area contributed by atoms with Crippen LogP contribution in [-0.4, -0.2) is 30.1 Å². The standard InChI is InChI=1S/C4H4N2O2.C4H4N2S/c7-3-1-4(8)6-2-5-3;7-4-5-2-1-3-6-4/h1-2H,(H2,5,6,7,8);1-3H,(H,5,6,7). The summed E-state index contributed by atoms with van der Waals surface area (Å²) >= 11 is 3.86. The highest BCUT2D eigenvalue weighted by molar-refractivity contribution is 7.80. The molecule has 0 spiro atoms. The third kappa shape index (κ3) is 4.77. The van der Waals surface area contributed by atoms with Crippen molar-refractivity contribution in [2.24, 2.45) is 0 Å². The molecule has 15 heavy (non-hydrogen) atoms. The van der Waals surface area contributed by atoms with E-state index in [0.29, 0.717) is 5.16 Å². The Balaban J connectivity index is 0.000000151. The predicted octanol–water partition coefficient (Wildman–Crippen LogP) is 0.653. The molecule has 0 aliphatic carbocycles. The third-order valence-electron chi connectivity index (χ3n) is 1.19. The van der Waals surface area contributed by atoms with Crippen LogP contribution >= 0.6 is 12.6 Å². The van der Waals surface area contributed by atoms with Crippen LogP contribution in [0.3, 0.4) is 0 Å². The summed E-state index contributed by atoms with van der Waals surface area (Å²) in [6, 6.07) is 2.81. The SMILES string of the molecule is Oc1cc(O)ncn1.Sc1ncccn1. The first-order chi connectivity index (χ1) is 7.18. The van der Waals surface area contributed by atoms with Gasteiger partial charge in [0.2, 0.25) is 11.8 Å². The summed E-state index contributed by atoms with van der Waals surface area (Å²) in [5.41, 5.74) is 0. The maximum absolute atomic E-state index is 8.50. The van der Waals surface area contributed by atoms with E-state index in [2.05, 4.69) is 32.6 Å². The van der Waals surface area contributed by atoms with Gasteiger partial charge < -0.3 is 10.2 Å². The molecule has 0 amide bonds. The van der Waals surface area contributed by atoms with Crippen LogP contribution in [0.5, 0.6) is 11.8 Å². The summed E-state index contributed by atoms with van der Waals surface area (Å²) in [6.45, 7) is 0. The van der Waals surface area contributed by atoms with Gasteiger partial charge >= 0.3 is 0 Å². The summed E-state index contributed by atoms with van der Waals surface area (Å²) < 4.78 is 0. The fraction of sp³-hybridized carbons (Fsp3) is 0. The van der Waals surface area contributed by atoms with Gasteiger partial charge in [0, 0.05) is 12.4 Å². The highest BCUT2D eigenvalue weighted by atomic mass is 32.1. The average Bonchev–Trinajstić information content (AvgIpc) is 2.19. The van der Waals surface area contributed by atoms with Crippen LogP contribution in [0.1, 0.15) is 0 Å². The Morgan fingerprint density at radius 1 is 0.933 bits per heavy atom. The van der Waals surface area contributed by atoms with E-state index >= 15 is 0 Å². The molecule has 0 aromatic carbocycles. The molecule has 0 aliphatic rings. The lowest BCUT2D eigenvalue weighted by molar-refractivity contribution is 0.421. The van der Waals surface area contributed by atoms with Crippen LogP contribution in [0.15, 0.2) is 36.0 Å². The zero-order chi connectivity index (χ0) is 11.1. The van der Waals surface area contributed by atoms with Crippen molar-refractivity contribution in [1.29, 1.82) is 0 Å². The molecule has 2 aromatic heterocycles. The molecule has 2 heterocycles. The van der Waals surface area contributed by atoms with E-state index in [4.69, 9.17) is 10.2 Å². The molecule has 2 N–H and O–H groups in total. The summed E-state index contributed by atoms with van der Waals surface area (Å²) in [6.07, 6.45) is 4.37. The van der Waals surface area contributed by atoms with Crippen molar-refractivity contribution < 1.29 is 10.2 Å². The molecule has 0 bridgehead atoms. The Bertz CT molecular complexity index is 395. The molecule has 0 aliphatic heterocycles. The monoisotopic (exact) mass is 224 g/mol. The smallest absolute Gasteiger partial charge is 0.217 e. The molecular formula is C8H8N4O2S. The van der Waals surface area contributed by atoms with Crippen LogP contribution < -0.4 is 0 Å². The predicted molar refractivity (Wildman–Crippen MR) is 54.6 cm³/mol. The zero-order valence-electron chi connectivity index (χ0n) is 7.52. The molecule has 7 heteroatoms. The number of aromatic hydroxyl groups is 2. The van der Waals surface area contributed by atoms with Gasteiger partial charge in [-0.3, -0.25) is 0 Å². The van der Waals surface area contributed by atoms with E-state index in [1.54, 1.807) is 18.5 Å². The van der Waals surface area contributed by atoms with Crippen LogP contribution in [0.25, 0.3) is 0 Å². The number of thiol groups is 1. The summed E-state index contributed by atoms with van der Waals surface area (Å²) in [5.74, 6) is -0.449. The first-order valence-electron chi connectivity index (χ1n) is 3.84. The maximum atomic E-state index is 8.50. The van der Waals surface area contributed by atoms with Gasteiger partial charge in [-0.25, -0.2) is 19.9 Å². The summed E-state index contributed by atoms with van der Waals surface area (Å²) in [7, 11) is 0. The Kier molecular flexibility index (Phi) is 4.30. The average molecular weight is 224 g/mol. The van der Waals surface area contributed by atoms with Gasteiger partial charge in [-0.05, 0) is 6.07 Å². The third-order valence-corrected chi connectivity index (χ3v) is 1.42. The lowest BCUT2D eigenvalue weighted by Gasteiger charge is -1.87. The minimum absolute atomic E-state index is 0.225. The van der Waals surface area contributed by atoms with Gasteiger partial charge in [0.05, 0.1) is 6.07 Å². The van der Waals surface area contributed by atoms with Crippen LogP contribution in [0, 0.1) is 0 Å². The van der Waals surface area contributed by atoms with Crippen molar-refractivity contribution in [1.82, 2.24) is 19.9 Å². The van der Waals surface area contributed by atoms with Gasteiger partial charge in [0.1, 0.15) is 6.33 Å². The van der Waals surface area contributed by atoms with E-state index in [-0.39, 0.29) is 11.8 Å². The lowest BCUT2D eigenvalue weighted by atomic mass is 10.6. The lowest BCUT2D eigenvalue weighted by Crippen LogP contribution is -1.75. The van der Waals surface area contributed by atoms with Gasteiger partial charge in [-0.2, -0.15) is 0 Å². The first-order valence-corrected chi connectivity index (χ1v) is 4.29. The van der Waals surface area contributed by atoms with Crippen molar-refractivity contribution in [2.75, 3.05) is 0 Å². The van der Waals surface area contributed by atoms with E-state index < -0.39 is 0 Å². The Morgan fingerprint density at radius 2 is 1.47 bits per heavy atom. The van der Waals surface area contributed by atoms with Crippen molar-refractivity contribution >= 4 is 12.6 Å². The molecule has 2 rings (SSSR count). The molecule has 0 unspecified atom stereocenters. The highest BCUT2D eigenvalue weighted by Gasteiger charge is 1.88. The second-order valence-corrected chi connectivity index (χ2v) is 2.68. The van der Waals surface area contributed by atoms with Gasteiger partial charge in [-0.15, -0.1) is 12.6 Å². The first kappa shape index (κ1) is 11.2. The highest BCUT2D eigenvalue weighted by Crippen LogP contribution is 2.07. The van der Waals surface area contributed by atoms with E-state index in [0.717, 1.165) is 12.4 Å². The number of hydrogen-bond donors (Lipinski definition) is 3. The maximum Gasteiger partial charge on any atom is 0.217 e. The topological polar surface area (TPSA) is 92.0 Å². The van der Waals surface area contributed by atoms with E-state index in [9.17, 15) is 0 Å². The molecule has 78 valence electrons. The van der Waals surface area contributed by atoms with E-state index in [1.807, 2.05) is 0 Å². The Hall–Kier alpha value is -1.89. The number of rotatable bonds is 0. The van der Waals surface area contributed by atoms with Crippen molar-refractivity contribution in [3.05, 3.63) is 30.9 Å². The van der Waals surface area contributed by atoms with Gasteiger partial charge in [0.25, 0.3) is 0 Å². The number of aromatic nitrogens is 4. The molecule has 2 aromatic rings. The molecule has 0 radical (unpaired) electrons. The van der Waals surface area contributed by atoms with Crippen molar-refractivity contribution in [3.63, 3.8) is 0 Å². The second kappa shape index (κ2) is 5.76. The van der Waals surface area contributed by atoms with Crippen LogP contribution in [0.4, 0.5) is 0 Å². The van der Waals surface area contributed by atoms with Gasteiger partial charge in [0.15, 0.2) is 5.16 Å². The minimum Gasteiger partial charge on any atom is -0.493 e. The van der Waals surface area contributed by atoms with Crippen LogP contribution in [0.2, 0.25) is 0 Å². The van der Waals surface area contributed by atoms with Crippen molar-refractivity contribution in [3.8, 4) is 11.8 Å². The fourth-order valence-electron chi connectivity index (χ4n) is 0.628. The summed E-state index contributed by atoms with van der Waals surface area (Å²) in [5, 5.41) is 17.5. The van der Waals surface area contributed by atoms with Crippen molar-refractivity contribution in [2.45, 2.75) is 5.16 Å². The summed E-state index contributed by atoms with van der Waals surface area (Å²) in [4.78, 5) is 14.1. The Morgan fingerprint density at radius 3 is 1.73 bits per heavy atom. The molecule has 0 fully saturated rings. The number of nitrogens with zero attached hydrogens (tertiary/aromatic N) is 4. The fourth-order valence-corrected chi connectivity index (χ4v) is 0.762. The quantitative estimate of drug-likeness (QED) is 0.449. The minimum atomic E-state index is -0.225. The molecule has 0 atom stereocenters. The largest absolute Gasteiger partial charge is 0.493 e.